The molecule has 1 aliphatic rings. The second-order valence-electron chi connectivity index (χ2n) is 4.42. The van der Waals surface area contributed by atoms with Crippen molar-refractivity contribution in [2.45, 2.75) is 13.5 Å². The predicted molar refractivity (Wildman–Crippen MR) is 73.6 cm³/mol. The number of para-hydroxylation sites is 1. The molecule has 5 heteroatoms. The summed E-state index contributed by atoms with van der Waals surface area (Å²) in [4.78, 5) is 29.4. The lowest BCUT2D eigenvalue weighted by Crippen LogP contribution is -2.34. The first-order valence-electron chi connectivity index (χ1n) is 6.19. The zero-order valence-corrected chi connectivity index (χ0v) is 10.9. The summed E-state index contributed by atoms with van der Waals surface area (Å²) in [5, 5.41) is 0. The van der Waals surface area contributed by atoms with Crippen LogP contribution in [0.1, 0.15) is 18.2 Å². The molecule has 0 atom stereocenters. The Hall–Kier alpha value is -2.69. The van der Waals surface area contributed by atoms with Crippen molar-refractivity contribution in [3.8, 4) is 0 Å². The number of imide groups is 1. The minimum atomic E-state index is -0.384. The number of rotatable bonds is 2. The largest absolute Gasteiger partial charge is 0.467 e. The molecule has 3 rings (SSSR count). The Balaban J connectivity index is 2.01. The maximum Gasteiger partial charge on any atom is 0.283 e. The maximum absolute atomic E-state index is 12.3. The van der Waals surface area contributed by atoms with Crippen molar-refractivity contribution in [1.82, 2.24) is 0 Å². The van der Waals surface area contributed by atoms with E-state index in [1.165, 1.54) is 6.92 Å². The summed E-state index contributed by atoms with van der Waals surface area (Å²) in [6.07, 6.45) is 1.56. The van der Waals surface area contributed by atoms with Gasteiger partial charge in [-0.3, -0.25) is 14.6 Å². The second kappa shape index (κ2) is 4.77. The highest BCUT2D eigenvalue weighted by Gasteiger charge is 2.35. The minimum Gasteiger partial charge on any atom is -0.467 e. The van der Waals surface area contributed by atoms with Gasteiger partial charge in [-0.15, -0.1) is 0 Å². The third kappa shape index (κ3) is 1.93. The van der Waals surface area contributed by atoms with Crippen molar-refractivity contribution in [2.75, 3.05) is 4.90 Å². The number of hydrogen-bond acceptors (Lipinski definition) is 4. The van der Waals surface area contributed by atoms with Gasteiger partial charge in [0.1, 0.15) is 11.5 Å². The first-order valence-corrected chi connectivity index (χ1v) is 6.19. The third-order valence-corrected chi connectivity index (χ3v) is 3.09. The van der Waals surface area contributed by atoms with Crippen LogP contribution in [0, 0.1) is 0 Å². The number of amides is 2. The van der Waals surface area contributed by atoms with Gasteiger partial charge in [0, 0.05) is 12.5 Å². The van der Waals surface area contributed by atoms with Gasteiger partial charge in [-0.2, -0.15) is 0 Å². The molecule has 0 bridgehead atoms. The molecule has 0 saturated carbocycles. The van der Waals surface area contributed by atoms with Gasteiger partial charge < -0.3 is 4.42 Å². The Kier molecular flexibility index (Phi) is 2.95. The highest BCUT2D eigenvalue weighted by atomic mass is 16.3. The van der Waals surface area contributed by atoms with Crippen LogP contribution >= 0.6 is 0 Å². The lowest BCUT2D eigenvalue weighted by atomic mass is 10.1. The molecule has 1 aliphatic heterocycles. The molecule has 2 heterocycles. The summed E-state index contributed by atoms with van der Waals surface area (Å²) in [6.45, 7) is 1.64. The standard InChI is InChI=1S/C15H12N2O3/c1-10(18)17-13-7-3-2-6-12(13)14(15(17)19)16-9-11-5-4-8-20-11/h2-8H,9H2,1H3. The molecule has 0 unspecified atom stereocenters. The molecule has 1 aromatic carbocycles. The number of carbonyl (C=O) groups is 2. The molecule has 1 aromatic heterocycles. The number of hydrogen-bond donors (Lipinski definition) is 0. The lowest BCUT2D eigenvalue weighted by molar-refractivity contribution is -0.121. The number of anilines is 1. The highest BCUT2D eigenvalue weighted by Crippen LogP contribution is 2.29. The fourth-order valence-corrected chi connectivity index (χ4v) is 2.22. The molecule has 20 heavy (non-hydrogen) atoms. The van der Waals surface area contributed by atoms with Crippen molar-refractivity contribution >= 4 is 23.2 Å². The first kappa shape index (κ1) is 12.3. The van der Waals surface area contributed by atoms with Crippen molar-refractivity contribution in [3.63, 3.8) is 0 Å². The number of aliphatic imine (C=N–C) groups is 1. The molecule has 2 amide bonds. The van der Waals surface area contributed by atoms with E-state index >= 15 is 0 Å². The monoisotopic (exact) mass is 268 g/mol. The Bertz CT molecular complexity index is 702. The van der Waals surface area contributed by atoms with Crippen molar-refractivity contribution in [2.24, 2.45) is 4.99 Å². The van der Waals surface area contributed by atoms with Crippen molar-refractivity contribution < 1.29 is 14.0 Å². The number of furan rings is 1. The molecule has 0 N–H and O–H groups in total. The van der Waals surface area contributed by atoms with Gasteiger partial charge in [-0.25, -0.2) is 4.90 Å². The Morgan fingerprint density at radius 2 is 2.05 bits per heavy atom. The summed E-state index contributed by atoms with van der Waals surface area (Å²) < 4.78 is 5.19. The Morgan fingerprint density at radius 3 is 2.75 bits per heavy atom. The van der Waals surface area contributed by atoms with E-state index in [-0.39, 0.29) is 18.4 Å². The van der Waals surface area contributed by atoms with Crippen LogP contribution < -0.4 is 4.90 Å². The van der Waals surface area contributed by atoms with E-state index in [2.05, 4.69) is 4.99 Å². The number of fused-ring (bicyclic) bond motifs is 1. The van der Waals surface area contributed by atoms with Crippen LogP contribution in [0.4, 0.5) is 5.69 Å². The predicted octanol–water partition coefficient (Wildman–Crippen LogP) is 2.16. The molecular formula is C15H12N2O3. The van der Waals surface area contributed by atoms with Crippen molar-refractivity contribution in [1.29, 1.82) is 0 Å². The zero-order valence-electron chi connectivity index (χ0n) is 10.9. The molecule has 0 saturated heterocycles. The molecule has 0 radical (unpaired) electrons. The van der Waals surface area contributed by atoms with Gasteiger partial charge in [-0.05, 0) is 18.2 Å². The van der Waals surface area contributed by atoms with Gasteiger partial charge >= 0.3 is 0 Å². The van der Waals surface area contributed by atoms with Gasteiger partial charge in [0.05, 0.1) is 18.5 Å². The fraction of sp³-hybridized carbons (Fsp3) is 0.133. The van der Waals surface area contributed by atoms with Crippen molar-refractivity contribution in [3.05, 3.63) is 54.0 Å². The van der Waals surface area contributed by atoms with E-state index in [9.17, 15) is 9.59 Å². The quantitative estimate of drug-likeness (QED) is 0.838. The van der Waals surface area contributed by atoms with E-state index in [0.717, 1.165) is 4.90 Å². The van der Waals surface area contributed by atoms with Gasteiger partial charge in [0.25, 0.3) is 5.91 Å². The molecule has 100 valence electrons. The SMILES string of the molecule is CC(=O)N1C(=O)C(=NCc2ccco2)c2ccccc21. The maximum atomic E-state index is 12.3. The van der Waals surface area contributed by atoms with Crippen LogP contribution in [0.3, 0.4) is 0 Å². The van der Waals surface area contributed by atoms with Crippen LogP contribution in [-0.2, 0) is 16.1 Å². The molecular weight excluding hydrogens is 256 g/mol. The first-order chi connectivity index (χ1) is 9.68. The molecule has 0 spiro atoms. The number of carbonyl (C=O) groups excluding carboxylic acids is 2. The molecule has 5 nitrogen and oxygen atoms in total. The fourth-order valence-electron chi connectivity index (χ4n) is 2.22. The van der Waals surface area contributed by atoms with E-state index in [1.807, 2.05) is 6.07 Å². The molecule has 2 aromatic rings. The van der Waals surface area contributed by atoms with Crippen LogP contribution in [0.15, 0.2) is 52.1 Å². The summed E-state index contributed by atoms with van der Waals surface area (Å²) in [5.74, 6) is -0.0278. The third-order valence-electron chi connectivity index (χ3n) is 3.09. The van der Waals surface area contributed by atoms with Crippen LogP contribution in [-0.4, -0.2) is 17.5 Å². The highest BCUT2D eigenvalue weighted by molar-refractivity contribution is 6.58. The minimum absolute atomic E-state index is 0.272. The Morgan fingerprint density at radius 1 is 1.25 bits per heavy atom. The number of benzene rings is 1. The normalized spacial score (nSPS) is 15.8. The molecule has 0 fully saturated rings. The van der Waals surface area contributed by atoms with E-state index in [4.69, 9.17) is 4.42 Å². The zero-order chi connectivity index (χ0) is 14.1. The number of nitrogens with zero attached hydrogens (tertiary/aromatic N) is 2. The average molecular weight is 268 g/mol. The summed E-state index contributed by atoms with van der Waals surface area (Å²) in [5.41, 5.74) is 1.56. The topological polar surface area (TPSA) is 62.9 Å². The summed E-state index contributed by atoms with van der Waals surface area (Å²) in [7, 11) is 0. The smallest absolute Gasteiger partial charge is 0.283 e. The van der Waals surface area contributed by atoms with Crippen LogP contribution in [0.2, 0.25) is 0 Å². The van der Waals surface area contributed by atoms with Gasteiger partial charge in [-0.1, -0.05) is 18.2 Å². The van der Waals surface area contributed by atoms with Gasteiger partial charge in [0.2, 0.25) is 5.91 Å². The van der Waals surface area contributed by atoms with Crippen LogP contribution in [0.25, 0.3) is 0 Å². The Labute approximate surface area is 115 Å². The summed E-state index contributed by atoms with van der Waals surface area (Å²) in [6, 6.07) is 10.7. The van der Waals surface area contributed by atoms with Crippen LogP contribution in [0.5, 0.6) is 0 Å². The van der Waals surface area contributed by atoms with E-state index in [0.29, 0.717) is 22.7 Å². The lowest BCUT2D eigenvalue weighted by Gasteiger charge is -2.11. The van der Waals surface area contributed by atoms with E-state index < -0.39 is 0 Å². The van der Waals surface area contributed by atoms with Gasteiger partial charge in [0.15, 0.2) is 0 Å². The second-order valence-corrected chi connectivity index (χ2v) is 4.42. The van der Waals surface area contributed by atoms with E-state index in [1.54, 1.807) is 36.6 Å². The summed E-state index contributed by atoms with van der Waals surface area (Å²) >= 11 is 0. The molecule has 0 aliphatic carbocycles. The average Bonchev–Trinajstić information content (AvgIpc) is 3.01.